The normalized spacial score (nSPS) is 20.0. The molecule has 122 valence electrons. The van der Waals surface area contributed by atoms with Gasteiger partial charge in [-0.2, -0.15) is 0 Å². The molecule has 3 rings (SSSR count). The molecular weight excluding hydrogens is 312 g/mol. The van der Waals surface area contributed by atoms with E-state index in [-0.39, 0.29) is 16.6 Å². The van der Waals surface area contributed by atoms with Gasteiger partial charge in [0.1, 0.15) is 5.82 Å². The van der Waals surface area contributed by atoms with Crippen LogP contribution in [0.25, 0.3) is 0 Å². The second-order valence-corrected chi connectivity index (χ2v) is 7.12. The molecule has 23 heavy (non-hydrogen) atoms. The van der Waals surface area contributed by atoms with Gasteiger partial charge >= 0.3 is 0 Å². The number of likely N-dealkylation sites (tertiary alicyclic amines) is 1. The largest absolute Gasteiger partial charge is 0.341 e. The zero-order valence-corrected chi connectivity index (χ0v) is 14.2. The van der Waals surface area contributed by atoms with Crippen molar-refractivity contribution in [2.45, 2.75) is 32.6 Å². The summed E-state index contributed by atoms with van der Waals surface area (Å²) in [5, 5.41) is 6.70. The summed E-state index contributed by atoms with van der Waals surface area (Å²) in [5.74, 6) is 1.18. The Morgan fingerprint density at radius 3 is 2.78 bits per heavy atom. The maximum absolute atomic E-state index is 12.5. The standard InChI is InChI=1S/C17H21ClN4O/c1-17(2)11-22(10-13(17)12-6-4-3-5-7-12)15(23)9-8-14-19-16(18)21-20-14/h3-7,13H,8-11H2,1-2H3,(H,19,20,21)/t13-/m0/s1. The molecule has 0 unspecified atom stereocenters. The molecule has 2 aromatic rings. The third kappa shape index (κ3) is 3.55. The average Bonchev–Trinajstić information content (AvgIpc) is 3.08. The van der Waals surface area contributed by atoms with Crippen LogP contribution in [0.15, 0.2) is 30.3 Å². The zero-order valence-electron chi connectivity index (χ0n) is 13.4. The molecule has 0 bridgehead atoms. The topological polar surface area (TPSA) is 61.9 Å². The van der Waals surface area contributed by atoms with Gasteiger partial charge in [0.15, 0.2) is 0 Å². The number of hydrogen-bond acceptors (Lipinski definition) is 3. The molecule has 1 fully saturated rings. The van der Waals surface area contributed by atoms with Crippen LogP contribution in [0.1, 0.15) is 37.6 Å². The van der Waals surface area contributed by atoms with Crippen molar-refractivity contribution in [3.63, 3.8) is 0 Å². The fourth-order valence-electron chi connectivity index (χ4n) is 3.33. The maximum Gasteiger partial charge on any atom is 0.242 e. The number of H-pyrrole nitrogens is 1. The van der Waals surface area contributed by atoms with Crippen LogP contribution in [0, 0.1) is 5.41 Å². The Morgan fingerprint density at radius 1 is 1.39 bits per heavy atom. The zero-order chi connectivity index (χ0) is 16.4. The van der Waals surface area contributed by atoms with Gasteiger partial charge in [0.25, 0.3) is 0 Å². The van der Waals surface area contributed by atoms with Crippen LogP contribution < -0.4 is 0 Å². The molecule has 0 radical (unpaired) electrons. The summed E-state index contributed by atoms with van der Waals surface area (Å²) in [6.07, 6.45) is 0.953. The molecule has 1 amide bonds. The van der Waals surface area contributed by atoms with Crippen molar-refractivity contribution in [2.75, 3.05) is 13.1 Å². The van der Waals surface area contributed by atoms with Gasteiger partial charge in [-0.25, -0.2) is 4.98 Å². The molecule has 0 aliphatic carbocycles. The molecule has 0 spiro atoms. The first-order valence-electron chi connectivity index (χ1n) is 7.85. The fraction of sp³-hybridized carbons (Fsp3) is 0.471. The van der Waals surface area contributed by atoms with Gasteiger partial charge in [0.2, 0.25) is 11.2 Å². The third-order valence-corrected chi connectivity index (χ3v) is 4.75. The Labute approximate surface area is 141 Å². The van der Waals surface area contributed by atoms with Crippen molar-refractivity contribution in [1.82, 2.24) is 20.1 Å². The van der Waals surface area contributed by atoms with E-state index in [1.807, 2.05) is 11.0 Å². The Kier molecular flexibility index (Phi) is 4.39. The number of aromatic amines is 1. The van der Waals surface area contributed by atoms with Crippen molar-refractivity contribution in [3.8, 4) is 0 Å². The van der Waals surface area contributed by atoms with E-state index in [9.17, 15) is 4.79 Å². The number of carbonyl (C=O) groups is 1. The van der Waals surface area contributed by atoms with E-state index >= 15 is 0 Å². The molecule has 5 nitrogen and oxygen atoms in total. The second-order valence-electron chi connectivity index (χ2n) is 6.78. The van der Waals surface area contributed by atoms with Crippen LogP contribution in [0.3, 0.4) is 0 Å². The Morgan fingerprint density at radius 2 is 2.13 bits per heavy atom. The van der Waals surface area contributed by atoms with Gasteiger partial charge in [0.05, 0.1) is 0 Å². The second kappa shape index (κ2) is 6.32. The predicted octanol–water partition coefficient (Wildman–Crippen LogP) is 3.04. The van der Waals surface area contributed by atoms with Crippen molar-refractivity contribution in [2.24, 2.45) is 5.41 Å². The van der Waals surface area contributed by atoms with Crippen molar-refractivity contribution in [3.05, 3.63) is 47.0 Å². The minimum Gasteiger partial charge on any atom is -0.341 e. The van der Waals surface area contributed by atoms with Crippen LogP contribution in [0.2, 0.25) is 5.28 Å². The van der Waals surface area contributed by atoms with E-state index < -0.39 is 0 Å². The molecule has 1 aromatic carbocycles. The highest BCUT2D eigenvalue weighted by Gasteiger charge is 2.41. The lowest BCUT2D eigenvalue weighted by Crippen LogP contribution is -2.30. The van der Waals surface area contributed by atoms with Crippen molar-refractivity contribution < 1.29 is 4.79 Å². The molecule has 1 atom stereocenters. The van der Waals surface area contributed by atoms with Crippen LogP contribution in [0.5, 0.6) is 0 Å². The SMILES string of the molecule is CC1(C)CN(C(=O)CCc2nc(Cl)n[nH]2)C[C@H]1c1ccccc1. The molecule has 6 heteroatoms. The lowest BCUT2D eigenvalue weighted by atomic mass is 9.78. The highest BCUT2D eigenvalue weighted by atomic mass is 35.5. The van der Waals surface area contributed by atoms with Gasteiger partial charge < -0.3 is 4.90 Å². The number of halogens is 1. The molecule has 1 aromatic heterocycles. The lowest BCUT2D eigenvalue weighted by Gasteiger charge is -2.25. The fourth-order valence-corrected chi connectivity index (χ4v) is 3.48. The van der Waals surface area contributed by atoms with E-state index in [1.165, 1.54) is 5.56 Å². The molecule has 1 saturated heterocycles. The van der Waals surface area contributed by atoms with Gasteiger partial charge in [-0.1, -0.05) is 44.2 Å². The van der Waals surface area contributed by atoms with Crippen LogP contribution >= 0.6 is 11.6 Å². The monoisotopic (exact) mass is 332 g/mol. The van der Waals surface area contributed by atoms with Crippen LogP contribution in [-0.2, 0) is 11.2 Å². The lowest BCUT2D eigenvalue weighted by molar-refractivity contribution is -0.130. The first-order chi connectivity index (χ1) is 11.0. The van der Waals surface area contributed by atoms with Gasteiger partial charge in [0, 0.05) is 31.8 Å². The number of nitrogens with zero attached hydrogens (tertiary/aromatic N) is 3. The summed E-state index contributed by atoms with van der Waals surface area (Å²) < 4.78 is 0. The van der Waals surface area contributed by atoms with Crippen LogP contribution in [-0.4, -0.2) is 39.1 Å². The van der Waals surface area contributed by atoms with Crippen molar-refractivity contribution in [1.29, 1.82) is 0 Å². The quantitative estimate of drug-likeness (QED) is 0.936. The number of carbonyl (C=O) groups excluding carboxylic acids is 1. The first kappa shape index (κ1) is 16.0. The van der Waals surface area contributed by atoms with Gasteiger partial charge in [-0.3, -0.25) is 9.89 Å². The van der Waals surface area contributed by atoms with E-state index in [2.05, 4.69) is 53.3 Å². The molecule has 2 heterocycles. The van der Waals surface area contributed by atoms with Crippen LogP contribution in [0.4, 0.5) is 0 Å². The molecular formula is C17H21ClN4O. The number of benzene rings is 1. The number of rotatable bonds is 4. The Balaban J connectivity index is 1.64. The molecule has 0 saturated carbocycles. The van der Waals surface area contributed by atoms with E-state index in [0.717, 1.165) is 13.1 Å². The minimum absolute atomic E-state index is 0.0760. The first-order valence-corrected chi connectivity index (χ1v) is 8.23. The highest BCUT2D eigenvalue weighted by molar-refractivity contribution is 6.28. The smallest absolute Gasteiger partial charge is 0.242 e. The minimum atomic E-state index is 0.0760. The highest BCUT2D eigenvalue weighted by Crippen LogP contribution is 2.42. The van der Waals surface area contributed by atoms with Gasteiger partial charge in [-0.15, -0.1) is 5.10 Å². The molecule has 1 N–H and O–H groups in total. The number of nitrogens with one attached hydrogen (secondary N) is 1. The number of amides is 1. The Bertz CT molecular complexity index is 683. The predicted molar refractivity (Wildman–Crippen MR) is 89.3 cm³/mol. The molecule has 1 aliphatic heterocycles. The van der Waals surface area contributed by atoms with E-state index in [0.29, 0.717) is 24.6 Å². The van der Waals surface area contributed by atoms with E-state index in [1.54, 1.807) is 0 Å². The summed E-state index contributed by atoms with van der Waals surface area (Å²) in [6, 6.07) is 10.4. The van der Waals surface area contributed by atoms with Crippen molar-refractivity contribution >= 4 is 17.5 Å². The third-order valence-electron chi connectivity index (χ3n) is 4.58. The summed E-state index contributed by atoms with van der Waals surface area (Å²) in [5.41, 5.74) is 1.38. The number of aryl methyl sites for hydroxylation is 1. The van der Waals surface area contributed by atoms with Gasteiger partial charge in [-0.05, 0) is 22.6 Å². The summed E-state index contributed by atoms with van der Waals surface area (Å²) in [4.78, 5) is 18.5. The summed E-state index contributed by atoms with van der Waals surface area (Å²) in [6.45, 7) is 6.01. The average molecular weight is 333 g/mol. The number of aromatic nitrogens is 3. The maximum atomic E-state index is 12.5. The number of hydrogen-bond donors (Lipinski definition) is 1. The summed E-state index contributed by atoms with van der Waals surface area (Å²) >= 11 is 5.68. The summed E-state index contributed by atoms with van der Waals surface area (Å²) in [7, 11) is 0. The Hall–Kier alpha value is -1.88. The molecule has 1 aliphatic rings. The van der Waals surface area contributed by atoms with E-state index in [4.69, 9.17) is 11.6 Å².